The van der Waals surface area contributed by atoms with Gasteiger partial charge in [0.2, 0.25) is 0 Å². The van der Waals surface area contributed by atoms with E-state index >= 15 is 0 Å². The van der Waals surface area contributed by atoms with Crippen molar-refractivity contribution in [3.05, 3.63) is 0 Å². The molecule has 0 aromatic carbocycles. The number of hydrogen-bond donors (Lipinski definition) is 1. The topological polar surface area (TPSA) is 26.0 Å². The van der Waals surface area contributed by atoms with Gasteiger partial charge in [0.1, 0.15) is 0 Å². The fraction of sp³-hybridized carbons (Fsp3) is 1.00. The molecule has 1 fully saturated rings. The maximum Gasteiger partial charge on any atom is 0.00828 e. The van der Waals surface area contributed by atoms with E-state index in [-0.39, 0.29) is 0 Å². The standard InChI is InChI=1S/C10H21NS/c1-8(2)3-4-9-7-12-6-5-10(9)11/h8-10H,3-7,11H2,1-2H3. The molecule has 2 unspecified atom stereocenters. The highest BCUT2D eigenvalue weighted by molar-refractivity contribution is 7.99. The van der Waals surface area contributed by atoms with E-state index in [0.717, 1.165) is 11.8 Å². The van der Waals surface area contributed by atoms with Gasteiger partial charge in [-0.15, -0.1) is 0 Å². The molecule has 0 amide bonds. The highest BCUT2D eigenvalue weighted by Gasteiger charge is 2.21. The second-order valence-electron chi connectivity index (χ2n) is 4.26. The molecule has 1 aliphatic rings. The van der Waals surface area contributed by atoms with Gasteiger partial charge in [-0.1, -0.05) is 20.3 Å². The van der Waals surface area contributed by atoms with Crippen molar-refractivity contribution >= 4 is 11.8 Å². The normalized spacial score (nSPS) is 31.0. The number of thioether (sulfide) groups is 1. The quantitative estimate of drug-likeness (QED) is 0.734. The first kappa shape index (κ1) is 10.4. The van der Waals surface area contributed by atoms with Crippen LogP contribution in [-0.2, 0) is 0 Å². The second kappa shape index (κ2) is 5.13. The molecule has 0 aromatic rings. The van der Waals surface area contributed by atoms with Gasteiger partial charge in [-0.25, -0.2) is 0 Å². The SMILES string of the molecule is CC(C)CCC1CSCCC1N. The van der Waals surface area contributed by atoms with Gasteiger partial charge in [0.05, 0.1) is 0 Å². The lowest BCUT2D eigenvalue weighted by atomic mass is 9.92. The summed E-state index contributed by atoms with van der Waals surface area (Å²) in [5, 5.41) is 0. The van der Waals surface area contributed by atoms with Gasteiger partial charge in [-0.3, -0.25) is 0 Å². The van der Waals surface area contributed by atoms with Gasteiger partial charge in [-0.05, 0) is 36.2 Å². The summed E-state index contributed by atoms with van der Waals surface area (Å²) in [6, 6.07) is 0.491. The molecule has 12 heavy (non-hydrogen) atoms. The molecule has 1 saturated heterocycles. The Labute approximate surface area is 80.5 Å². The summed E-state index contributed by atoms with van der Waals surface area (Å²) in [5.41, 5.74) is 6.05. The Morgan fingerprint density at radius 1 is 1.50 bits per heavy atom. The summed E-state index contributed by atoms with van der Waals surface area (Å²) in [7, 11) is 0. The van der Waals surface area contributed by atoms with E-state index in [1.165, 1.54) is 30.8 Å². The fourth-order valence-electron chi connectivity index (χ4n) is 1.66. The number of nitrogens with two attached hydrogens (primary N) is 1. The second-order valence-corrected chi connectivity index (χ2v) is 5.41. The summed E-state index contributed by atoms with van der Waals surface area (Å²) in [6.07, 6.45) is 3.91. The molecule has 1 nitrogen and oxygen atoms in total. The van der Waals surface area contributed by atoms with Crippen molar-refractivity contribution in [2.45, 2.75) is 39.2 Å². The molecular weight excluding hydrogens is 166 g/mol. The molecule has 72 valence electrons. The van der Waals surface area contributed by atoms with Crippen LogP contribution in [0.25, 0.3) is 0 Å². The van der Waals surface area contributed by atoms with Crippen LogP contribution in [0.2, 0.25) is 0 Å². The zero-order valence-corrected chi connectivity index (χ0v) is 9.07. The van der Waals surface area contributed by atoms with Crippen LogP contribution in [0.3, 0.4) is 0 Å². The van der Waals surface area contributed by atoms with Crippen molar-refractivity contribution in [1.82, 2.24) is 0 Å². The van der Waals surface area contributed by atoms with E-state index in [1.54, 1.807) is 0 Å². The third-order valence-corrected chi connectivity index (χ3v) is 3.84. The molecule has 0 aliphatic carbocycles. The Balaban J connectivity index is 2.20. The Hall–Kier alpha value is 0.310. The van der Waals surface area contributed by atoms with Crippen molar-refractivity contribution in [2.24, 2.45) is 17.6 Å². The largest absolute Gasteiger partial charge is 0.327 e. The van der Waals surface area contributed by atoms with Crippen LogP contribution in [0.5, 0.6) is 0 Å². The minimum Gasteiger partial charge on any atom is -0.327 e. The molecule has 0 bridgehead atoms. The summed E-state index contributed by atoms with van der Waals surface area (Å²) in [6.45, 7) is 4.59. The third-order valence-electron chi connectivity index (χ3n) is 2.65. The Morgan fingerprint density at radius 2 is 2.25 bits per heavy atom. The molecule has 0 saturated carbocycles. The zero-order chi connectivity index (χ0) is 8.97. The van der Waals surface area contributed by atoms with Crippen molar-refractivity contribution < 1.29 is 0 Å². The lowest BCUT2D eigenvalue weighted by Gasteiger charge is -2.28. The van der Waals surface area contributed by atoms with Crippen LogP contribution < -0.4 is 5.73 Å². The van der Waals surface area contributed by atoms with Crippen LogP contribution in [0, 0.1) is 11.8 Å². The van der Waals surface area contributed by atoms with Crippen LogP contribution in [-0.4, -0.2) is 17.5 Å². The Bertz CT molecular complexity index is 125. The molecule has 0 aromatic heterocycles. The summed E-state index contributed by atoms with van der Waals surface area (Å²) >= 11 is 2.08. The first-order valence-corrected chi connectivity index (χ1v) is 6.19. The predicted octanol–water partition coefficient (Wildman–Crippen LogP) is 2.50. The van der Waals surface area contributed by atoms with E-state index in [0.29, 0.717) is 6.04 Å². The smallest absolute Gasteiger partial charge is 0.00828 e. The Morgan fingerprint density at radius 3 is 2.83 bits per heavy atom. The van der Waals surface area contributed by atoms with Crippen LogP contribution >= 0.6 is 11.8 Å². The molecule has 0 radical (unpaired) electrons. The molecule has 2 heteroatoms. The minimum absolute atomic E-state index is 0.491. The lowest BCUT2D eigenvalue weighted by Crippen LogP contribution is -2.35. The molecule has 2 atom stereocenters. The highest BCUT2D eigenvalue weighted by atomic mass is 32.2. The van der Waals surface area contributed by atoms with E-state index in [2.05, 4.69) is 25.6 Å². The zero-order valence-electron chi connectivity index (χ0n) is 8.25. The first-order valence-electron chi connectivity index (χ1n) is 5.03. The van der Waals surface area contributed by atoms with Crippen molar-refractivity contribution in [3.63, 3.8) is 0 Å². The van der Waals surface area contributed by atoms with E-state index in [9.17, 15) is 0 Å². The summed E-state index contributed by atoms with van der Waals surface area (Å²) in [4.78, 5) is 0. The van der Waals surface area contributed by atoms with Crippen molar-refractivity contribution in [2.75, 3.05) is 11.5 Å². The van der Waals surface area contributed by atoms with E-state index in [4.69, 9.17) is 5.73 Å². The molecule has 1 heterocycles. The van der Waals surface area contributed by atoms with E-state index < -0.39 is 0 Å². The molecule has 0 spiro atoms. The third kappa shape index (κ3) is 3.36. The van der Waals surface area contributed by atoms with Crippen LogP contribution in [0.4, 0.5) is 0 Å². The summed E-state index contributed by atoms with van der Waals surface area (Å²) < 4.78 is 0. The van der Waals surface area contributed by atoms with Crippen molar-refractivity contribution in [1.29, 1.82) is 0 Å². The van der Waals surface area contributed by atoms with Crippen LogP contribution in [0.15, 0.2) is 0 Å². The maximum atomic E-state index is 6.05. The average molecular weight is 187 g/mol. The predicted molar refractivity (Wildman–Crippen MR) is 57.5 cm³/mol. The van der Waals surface area contributed by atoms with Crippen LogP contribution in [0.1, 0.15) is 33.1 Å². The Kier molecular flexibility index (Phi) is 4.44. The van der Waals surface area contributed by atoms with Gasteiger partial charge in [-0.2, -0.15) is 11.8 Å². The lowest BCUT2D eigenvalue weighted by molar-refractivity contribution is 0.379. The van der Waals surface area contributed by atoms with Gasteiger partial charge in [0.25, 0.3) is 0 Å². The highest BCUT2D eigenvalue weighted by Crippen LogP contribution is 2.26. The number of hydrogen-bond acceptors (Lipinski definition) is 2. The van der Waals surface area contributed by atoms with E-state index in [1.807, 2.05) is 0 Å². The molecular formula is C10H21NS. The minimum atomic E-state index is 0.491. The van der Waals surface area contributed by atoms with Gasteiger partial charge in [0, 0.05) is 6.04 Å². The average Bonchev–Trinajstić information content (AvgIpc) is 2.03. The molecule has 1 rings (SSSR count). The summed E-state index contributed by atoms with van der Waals surface area (Å²) in [5.74, 6) is 4.21. The van der Waals surface area contributed by atoms with Gasteiger partial charge >= 0.3 is 0 Å². The molecule has 2 N–H and O–H groups in total. The monoisotopic (exact) mass is 187 g/mol. The van der Waals surface area contributed by atoms with Gasteiger partial charge < -0.3 is 5.73 Å². The fourth-order valence-corrected chi connectivity index (χ4v) is 2.98. The van der Waals surface area contributed by atoms with Crippen molar-refractivity contribution in [3.8, 4) is 0 Å². The first-order chi connectivity index (χ1) is 5.70. The molecule has 1 aliphatic heterocycles. The maximum absolute atomic E-state index is 6.05. The number of rotatable bonds is 3. The van der Waals surface area contributed by atoms with Gasteiger partial charge in [0.15, 0.2) is 0 Å².